The molecule has 2 aliphatic rings. The number of rotatable bonds is 5. The van der Waals surface area contributed by atoms with E-state index in [1.54, 1.807) is 18.2 Å². The summed E-state index contributed by atoms with van der Waals surface area (Å²) < 4.78 is 5.95. The average Bonchev–Trinajstić information content (AvgIpc) is 3.09. The molecule has 2 aliphatic heterocycles. The molecule has 1 aromatic carbocycles. The highest BCUT2D eigenvalue weighted by Crippen LogP contribution is 2.22. The maximum absolute atomic E-state index is 12.7. The normalized spacial score (nSPS) is 26.4. The lowest BCUT2D eigenvalue weighted by Gasteiger charge is -2.33. The molecule has 7 heteroatoms. The first-order chi connectivity index (χ1) is 12.1. The molecule has 5 N–H and O–H groups in total. The van der Waals surface area contributed by atoms with Crippen LogP contribution in [0.5, 0.6) is 5.75 Å². The van der Waals surface area contributed by atoms with Gasteiger partial charge in [0.05, 0.1) is 6.04 Å². The molecule has 1 amide bonds. The van der Waals surface area contributed by atoms with Crippen molar-refractivity contribution in [1.82, 2.24) is 10.2 Å². The van der Waals surface area contributed by atoms with Crippen molar-refractivity contribution in [3.05, 3.63) is 29.8 Å². The van der Waals surface area contributed by atoms with Crippen LogP contribution in [-0.4, -0.2) is 60.1 Å². The van der Waals surface area contributed by atoms with Crippen LogP contribution < -0.4 is 15.8 Å². The summed E-state index contributed by atoms with van der Waals surface area (Å²) in [6, 6.07) is 6.91. The van der Waals surface area contributed by atoms with Gasteiger partial charge in [0, 0.05) is 38.2 Å². The van der Waals surface area contributed by atoms with Gasteiger partial charge in [0.15, 0.2) is 0 Å². The highest BCUT2D eigenvalue weighted by Gasteiger charge is 2.35. The summed E-state index contributed by atoms with van der Waals surface area (Å²) in [5.41, 5.74) is 6.13. The molecule has 3 rings (SSSR count). The molecule has 2 fully saturated rings. The number of nitrogens with one attached hydrogen (secondary N) is 2. The van der Waals surface area contributed by atoms with Crippen molar-refractivity contribution in [2.45, 2.75) is 31.4 Å². The van der Waals surface area contributed by atoms with Gasteiger partial charge in [-0.1, -0.05) is 12.1 Å². The Hall–Kier alpha value is -2.12. The highest BCUT2D eigenvalue weighted by molar-refractivity contribution is 5.95. The third-order valence-electron chi connectivity index (χ3n) is 4.93. The predicted molar refractivity (Wildman–Crippen MR) is 94.7 cm³/mol. The smallest absolute Gasteiger partial charge is 0.239 e. The summed E-state index contributed by atoms with van der Waals surface area (Å²) in [7, 11) is 0. The number of aliphatic hydroxyl groups excluding tert-OH is 1. The maximum atomic E-state index is 12.7. The Bertz CT molecular complexity index is 637. The van der Waals surface area contributed by atoms with E-state index in [1.165, 1.54) is 0 Å². The van der Waals surface area contributed by atoms with Crippen LogP contribution in [0.1, 0.15) is 24.8 Å². The van der Waals surface area contributed by atoms with E-state index in [2.05, 4.69) is 5.32 Å². The van der Waals surface area contributed by atoms with E-state index in [-0.39, 0.29) is 36.4 Å². The SMILES string of the molecule is N=C(N)c1cccc(OC2CNC(C(=O)N3CCCC(CO)C3)C2)c1. The second kappa shape index (κ2) is 7.84. The molecule has 0 aliphatic carbocycles. The first kappa shape index (κ1) is 17.7. The number of hydrogen-bond acceptors (Lipinski definition) is 5. The van der Waals surface area contributed by atoms with Gasteiger partial charge in [-0.3, -0.25) is 10.2 Å². The maximum Gasteiger partial charge on any atom is 0.239 e. The summed E-state index contributed by atoms with van der Waals surface area (Å²) in [5, 5.41) is 20.1. The third kappa shape index (κ3) is 4.29. The van der Waals surface area contributed by atoms with Gasteiger partial charge in [0.1, 0.15) is 17.7 Å². The number of ether oxygens (including phenoxy) is 1. The van der Waals surface area contributed by atoms with Crippen LogP contribution in [0.2, 0.25) is 0 Å². The van der Waals surface area contributed by atoms with E-state index in [1.807, 2.05) is 11.0 Å². The molecule has 0 bridgehead atoms. The van der Waals surface area contributed by atoms with E-state index in [4.69, 9.17) is 15.9 Å². The number of carbonyl (C=O) groups is 1. The Labute approximate surface area is 147 Å². The second-order valence-electron chi connectivity index (χ2n) is 6.85. The van der Waals surface area contributed by atoms with Crippen molar-refractivity contribution >= 4 is 11.7 Å². The van der Waals surface area contributed by atoms with Gasteiger partial charge in [0.25, 0.3) is 0 Å². The van der Waals surface area contributed by atoms with Gasteiger partial charge in [-0.25, -0.2) is 0 Å². The number of aliphatic hydroxyl groups is 1. The van der Waals surface area contributed by atoms with Gasteiger partial charge >= 0.3 is 0 Å². The Morgan fingerprint density at radius 3 is 3.08 bits per heavy atom. The van der Waals surface area contributed by atoms with Crippen LogP contribution in [0, 0.1) is 11.3 Å². The lowest BCUT2D eigenvalue weighted by atomic mass is 9.98. The summed E-state index contributed by atoms with van der Waals surface area (Å²) in [6.45, 7) is 2.15. The monoisotopic (exact) mass is 346 g/mol. The topological polar surface area (TPSA) is 112 Å². The number of nitrogens with zero attached hydrogens (tertiary/aromatic N) is 1. The van der Waals surface area contributed by atoms with Crippen LogP contribution >= 0.6 is 0 Å². The largest absolute Gasteiger partial charge is 0.489 e. The first-order valence-corrected chi connectivity index (χ1v) is 8.81. The fourth-order valence-electron chi connectivity index (χ4n) is 3.55. The average molecular weight is 346 g/mol. The Morgan fingerprint density at radius 1 is 1.48 bits per heavy atom. The lowest BCUT2D eigenvalue weighted by Crippen LogP contribution is -2.48. The molecule has 3 unspecified atom stereocenters. The molecule has 0 spiro atoms. The van der Waals surface area contributed by atoms with Crippen molar-refractivity contribution in [3.63, 3.8) is 0 Å². The minimum absolute atomic E-state index is 0.00610. The molecule has 0 saturated carbocycles. The molecule has 25 heavy (non-hydrogen) atoms. The van der Waals surface area contributed by atoms with Crippen molar-refractivity contribution in [2.75, 3.05) is 26.2 Å². The first-order valence-electron chi connectivity index (χ1n) is 8.81. The molecule has 136 valence electrons. The number of amides is 1. The Balaban J connectivity index is 1.55. The number of amidine groups is 1. The Kier molecular flexibility index (Phi) is 5.55. The van der Waals surface area contributed by atoms with E-state index in [9.17, 15) is 9.90 Å². The zero-order valence-corrected chi connectivity index (χ0v) is 14.3. The second-order valence-corrected chi connectivity index (χ2v) is 6.85. The minimum Gasteiger partial charge on any atom is -0.489 e. The fourth-order valence-corrected chi connectivity index (χ4v) is 3.55. The van der Waals surface area contributed by atoms with Crippen LogP contribution in [0.4, 0.5) is 0 Å². The zero-order chi connectivity index (χ0) is 17.8. The van der Waals surface area contributed by atoms with Crippen LogP contribution in [-0.2, 0) is 4.79 Å². The molecular formula is C18H26N4O3. The Morgan fingerprint density at radius 2 is 2.32 bits per heavy atom. The van der Waals surface area contributed by atoms with Gasteiger partial charge in [-0.05, 0) is 30.9 Å². The van der Waals surface area contributed by atoms with E-state index < -0.39 is 0 Å². The summed E-state index contributed by atoms with van der Waals surface area (Å²) in [5.74, 6) is 0.958. The van der Waals surface area contributed by atoms with E-state index >= 15 is 0 Å². The lowest BCUT2D eigenvalue weighted by molar-refractivity contribution is -0.135. The summed E-state index contributed by atoms with van der Waals surface area (Å²) >= 11 is 0. The number of carbonyl (C=O) groups excluding carboxylic acids is 1. The van der Waals surface area contributed by atoms with Crippen molar-refractivity contribution in [1.29, 1.82) is 5.41 Å². The number of nitrogens with two attached hydrogens (primary N) is 1. The van der Waals surface area contributed by atoms with Crippen LogP contribution in [0.25, 0.3) is 0 Å². The molecule has 1 aromatic rings. The van der Waals surface area contributed by atoms with Gasteiger partial charge in [0.2, 0.25) is 5.91 Å². The summed E-state index contributed by atoms with van der Waals surface area (Å²) in [6.07, 6.45) is 2.45. The van der Waals surface area contributed by atoms with Gasteiger partial charge < -0.3 is 25.8 Å². The predicted octanol–water partition coefficient (Wildman–Crippen LogP) is 0.311. The molecule has 3 atom stereocenters. The van der Waals surface area contributed by atoms with Crippen LogP contribution in [0.3, 0.4) is 0 Å². The number of hydrogen-bond donors (Lipinski definition) is 4. The number of likely N-dealkylation sites (tertiary alicyclic amines) is 1. The minimum atomic E-state index is -0.238. The van der Waals surface area contributed by atoms with Gasteiger partial charge in [-0.15, -0.1) is 0 Å². The van der Waals surface area contributed by atoms with Crippen LogP contribution in [0.15, 0.2) is 24.3 Å². The molecule has 0 radical (unpaired) electrons. The zero-order valence-electron chi connectivity index (χ0n) is 14.3. The third-order valence-corrected chi connectivity index (χ3v) is 4.93. The highest BCUT2D eigenvalue weighted by atomic mass is 16.5. The number of piperidine rings is 1. The molecule has 2 heterocycles. The number of nitrogen functional groups attached to an aromatic ring is 1. The van der Waals surface area contributed by atoms with E-state index in [0.717, 1.165) is 19.4 Å². The summed E-state index contributed by atoms with van der Waals surface area (Å²) in [4.78, 5) is 14.5. The van der Waals surface area contributed by atoms with Crippen molar-refractivity contribution < 1.29 is 14.6 Å². The molecule has 2 saturated heterocycles. The van der Waals surface area contributed by atoms with E-state index in [0.29, 0.717) is 30.8 Å². The van der Waals surface area contributed by atoms with Crippen molar-refractivity contribution in [3.8, 4) is 5.75 Å². The molecule has 7 nitrogen and oxygen atoms in total. The molecular weight excluding hydrogens is 320 g/mol. The molecule has 0 aromatic heterocycles. The van der Waals surface area contributed by atoms with Crippen molar-refractivity contribution in [2.24, 2.45) is 11.7 Å². The number of benzene rings is 1. The fraction of sp³-hybridized carbons (Fsp3) is 0.556. The standard InChI is InChI=1S/C18H26N4O3/c19-17(20)13-4-1-5-14(7-13)25-15-8-16(21-9-15)18(24)22-6-2-3-12(10-22)11-23/h1,4-5,7,12,15-16,21,23H,2-3,6,8-11H2,(H3,19,20). The quantitative estimate of drug-likeness (QED) is 0.453. The van der Waals surface area contributed by atoms with Gasteiger partial charge in [-0.2, -0.15) is 0 Å².